The second-order valence-electron chi connectivity index (χ2n) is 5.22. The lowest BCUT2D eigenvalue weighted by Crippen LogP contribution is -2.27. The molecule has 1 aromatic carbocycles. The number of benzene rings is 1. The zero-order chi connectivity index (χ0) is 16.4. The van der Waals surface area contributed by atoms with Crippen LogP contribution in [0.5, 0.6) is 0 Å². The van der Waals surface area contributed by atoms with Gasteiger partial charge in [0.05, 0.1) is 10.5 Å². The van der Waals surface area contributed by atoms with Gasteiger partial charge in [-0.2, -0.15) is 13.2 Å². The van der Waals surface area contributed by atoms with Crippen molar-refractivity contribution in [2.45, 2.75) is 23.9 Å². The molecule has 2 N–H and O–H groups in total. The standard InChI is InChI=1S/C13H16ClF3N2O2S.ClH/c14-11-5-10(13(15,16)17)6-12(7-11)22(20,21)19-4-2-9-1-3-18-8-9;/h5-7,9,18-19H,1-4,8H2;1H. The number of rotatable bonds is 5. The van der Waals surface area contributed by atoms with Gasteiger partial charge in [-0.1, -0.05) is 11.6 Å². The van der Waals surface area contributed by atoms with Gasteiger partial charge >= 0.3 is 6.18 Å². The van der Waals surface area contributed by atoms with Crippen LogP contribution < -0.4 is 10.0 Å². The average Bonchev–Trinajstić information content (AvgIpc) is 2.90. The first-order valence-corrected chi connectivity index (χ1v) is 8.63. The van der Waals surface area contributed by atoms with Gasteiger partial charge in [-0.05, 0) is 50.0 Å². The molecule has 0 bridgehead atoms. The lowest BCUT2D eigenvalue weighted by molar-refractivity contribution is -0.137. The maximum absolute atomic E-state index is 12.7. The fourth-order valence-electron chi connectivity index (χ4n) is 2.32. The van der Waals surface area contributed by atoms with E-state index in [4.69, 9.17) is 11.6 Å². The van der Waals surface area contributed by atoms with E-state index < -0.39 is 26.7 Å². The fourth-order valence-corrected chi connectivity index (χ4v) is 3.74. The fraction of sp³-hybridized carbons (Fsp3) is 0.538. The topological polar surface area (TPSA) is 58.2 Å². The van der Waals surface area contributed by atoms with Crippen LogP contribution in [0.2, 0.25) is 5.02 Å². The number of hydrogen-bond donors (Lipinski definition) is 2. The molecule has 1 heterocycles. The van der Waals surface area contributed by atoms with Gasteiger partial charge in [0.1, 0.15) is 0 Å². The molecule has 1 aliphatic heterocycles. The van der Waals surface area contributed by atoms with Crippen molar-refractivity contribution in [2.75, 3.05) is 19.6 Å². The van der Waals surface area contributed by atoms with Crippen molar-refractivity contribution in [3.63, 3.8) is 0 Å². The second kappa shape index (κ2) is 8.02. The number of sulfonamides is 1. The smallest absolute Gasteiger partial charge is 0.316 e. The molecular weight excluding hydrogens is 376 g/mol. The van der Waals surface area contributed by atoms with Gasteiger partial charge in [-0.3, -0.25) is 0 Å². The molecule has 1 aromatic rings. The molecule has 2 rings (SSSR count). The summed E-state index contributed by atoms with van der Waals surface area (Å²) in [6.07, 6.45) is -3.04. The Hall–Kier alpha value is -0.540. The minimum atomic E-state index is -4.65. The highest BCUT2D eigenvalue weighted by atomic mass is 35.5. The van der Waals surface area contributed by atoms with Crippen LogP contribution in [0.3, 0.4) is 0 Å². The number of alkyl halides is 3. The highest BCUT2D eigenvalue weighted by molar-refractivity contribution is 7.89. The molecule has 0 aliphatic carbocycles. The molecule has 1 saturated heterocycles. The van der Waals surface area contributed by atoms with Crippen LogP contribution in [0.4, 0.5) is 13.2 Å². The normalized spacial score (nSPS) is 18.7. The van der Waals surface area contributed by atoms with Crippen LogP contribution in [-0.2, 0) is 16.2 Å². The Bertz CT molecular complexity index is 633. The molecule has 1 unspecified atom stereocenters. The molecule has 4 nitrogen and oxygen atoms in total. The van der Waals surface area contributed by atoms with Crippen LogP contribution in [0, 0.1) is 5.92 Å². The summed E-state index contributed by atoms with van der Waals surface area (Å²) in [7, 11) is -4.01. The highest BCUT2D eigenvalue weighted by Crippen LogP contribution is 2.32. The molecule has 1 aliphatic rings. The van der Waals surface area contributed by atoms with Crippen LogP contribution >= 0.6 is 24.0 Å². The Morgan fingerprint density at radius 3 is 2.57 bits per heavy atom. The van der Waals surface area contributed by atoms with Crippen LogP contribution in [0.1, 0.15) is 18.4 Å². The lowest BCUT2D eigenvalue weighted by atomic mass is 10.1. The number of halogens is 5. The van der Waals surface area contributed by atoms with Crippen molar-refractivity contribution in [3.8, 4) is 0 Å². The van der Waals surface area contributed by atoms with Crippen LogP contribution in [0.15, 0.2) is 23.1 Å². The molecule has 23 heavy (non-hydrogen) atoms. The Labute approximate surface area is 144 Å². The third kappa shape index (κ3) is 5.79. The maximum Gasteiger partial charge on any atom is 0.416 e. The van der Waals surface area contributed by atoms with E-state index in [1.54, 1.807) is 0 Å². The third-order valence-electron chi connectivity index (χ3n) is 3.52. The molecule has 1 atom stereocenters. The summed E-state index contributed by atoms with van der Waals surface area (Å²) < 4.78 is 64.6. The molecule has 132 valence electrons. The van der Waals surface area contributed by atoms with Gasteiger partial charge in [0, 0.05) is 11.6 Å². The van der Waals surface area contributed by atoms with E-state index in [9.17, 15) is 21.6 Å². The number of hydrogen-bond acceptors (Lipinski definition) is 3. The Kier molecular flexibility index (Phi) is 7.15. The van der Waals surface area contributed by atoms with Crippen molar-refractivity contribution in [1.29, 1.82) is 0 Å². The van der Waals surface area contributed by atoms with Crippen LogP contribution in [0.25, 0.3) is 0 Å². The first-order valence-electron chi connectivity index (χ1n) is 6.76. The zero-order valence-electron chi connectivity index (χ0n) is 12.0. The van der Waals surface area contributed by atoms with E-state index >= 15 is 0 Å². The van der Waals surface area contributed by atoms with Crippen molar-refractivity contribution < 1.29 is 21.6 Å². The van der Waals surface area contributed by atoms with Gasteiger partial charge in [0.15, 0.2) is 0 Å². The van der Waals surface area contributed by atoms with Gasteiger partial charge < -0.3 is 5.32 Å². The van der Waals surface area contributed by atoms with E-state index in [1.807, 2.05) is 0 Å². The lowest BCUT2D eigenvalue weighted by Gasteiger charge is -2.12. The van der Waals surface area contributed by atoms with Crippen molar-refractivity contribution >= 4 is 34.0 Å². The maximum atomic E-state index is 12.7. The van der Waals surface area contributed by atoms with E-state index in [2.05, 4.69) is 10.0 Å². The average molecular weight is 393 g/mol. The molecule has 1 fully saturated rings. The highest BCUT2D eigenvalue weighted by Gasteiger charge is 2.32. The van der Waals surface area contributed by atoms with E-state index in [0.29, 0.717) is 24.5 Å². The van der Waals surface area contributed by atoms with Crippen molar-refractivity contribution in [1.82, 2.24) is 10.0 Å². The van der Waals surface area contributed by atoms with Crippen LogP contribution in [-0.4, -0.2) is 28.1 Å². The second-order valence-corrected chi connectivity index (χ2v) is 7.42. The molecule has 0 amide bonds. The van der Waals surface area contributed by atoms with E-state index in [0.717, 1.165) is 25.6 Å². The predicted molar refractivity (Wildman–Crippen MR) is 84.5 cm³/mol. The molecule has 0 spiro atoms. The minimum absolute atomic E-state index is 0. The minimum Gasteiger partial charge on any atom is -0.316 e. The summed E-state index contributed by atoms with van der Waals surface area (Å²) in [5, 5.41) is 2.90. The Morgan fingerprint density at radius 1 is 1.30 bits per heavy atom. The summed E-state index contributed by atoms with van der Waals surface area (Å²) in [4.78, 5) is -0.475. The first kappa shape index (κ1) is 20.5. The third-order valence-corrected chi connectivity index (χ3v) is 5.17. The Morgan fingerprint density at radius 2 is 2.00 bits per heavy atom. The number of nitrogens with one attached hydrogen (secondary N) is 2. The predicted octanol–water partition coefficient (Wildman–Crippen LogP) is 3.06. The molecule has 0 saturated carbocycles. The van der Waals surface area contributed by atoms with Gasteiger partial charge in [-0.15, -0.1) is 12.4 Å². The molecule has 0 aromatic heterocycles. The molecule has 10 heteroatoms. The van der Waals surface area contributed by atoms with Gasteiger partial charge in [0.2, 0.25) is 10.0 Å². The summed E-state index contributed by atoms with van der Waals surface area (Å²) >= 11 is 5.60. The summed E-state index contributed by atoms with van der Waals surface area (Å²) in [6.45, 7) is 1.92. The summed E-state index contributed by atoms with van der Waals surface area (Å²) in [6, 6.07) is 2.30. The molecule has 0 radical (unpaired) electrons. The summed E-state index contributed by atoms with van der Waals surface area (Å²) in [5.74, 6) is 0.382. The largest absolute Gasteiger partial charge is 0.416 e. The SMILES string of the molecule is Cl.O=S(=O)(NCCC1CCNC1)c1cc(Cl)cc(C(F)(F)F)c1. The van der Waals surface area contributed by atoms with Crippen molar-refractivity contribution in [3.05, 3.63) is 28.8 Å². The monoisotopic (exact) mass is 392 g/mol. The molecular formula is C13H17Cl2F3N2O2S. The first-order chi connectivity index (χ1) is 10.2. The Balaban J connectivity index is 0.00000264. The van der Waals surface area contributed by atoms with Crippen molar-refractivity contribution in [2.24, 2.45) is 5.92 Å². The quantitative estimate of drug-likeness (QED) is 0.809. The van der Waals surface area contributed by atoms with Gasteiger partial charge in [0.25, 0.3) is 0 Å². The van der Waals surface area contributed by atoms with E-state index in [1.165, 1.54) is 0 Å². The summed E-state index contributed by atoms with van der Waals surface area (Å²) in [5.41, 5.74) is -1.08. The zero-order valence-corrected chi connectivity index (χ0v) is 14.4. The van der Waals surface area contributed by atoms with Gasteiger partial charge in [-0.25, -0.2) is 13.1 Å². The van der Waals surface area contributed by atoms with E-state index in [-0.39, 0.29) is 24.0 Å².